The lowest BCUT2D eigenvalue weighted by molar-refractivity contribution is -0.128. The second kappa shape index (κ2) is 7.83. The largest absolute Gasteiger partial charge is 0.490 e. The summed E-state index contributed by atoms with van der Waals surface area (Å²) in [7, 11) is 3.46. The molecule has 1 fully saturated rings. The predicted molar refractivity (Wildman–Crippen MR) is 121 cm³/mol. The normalized spacial score (nSPS) is 20.1. The Kier molecular flexibility index (Phi) is 4.97. The molecule has 0 bridgehead atoms. The van der Waals surface area contributed by atoms with E-state index in [1.54, 1.807) is 34.3 Å². The molecule has 1 unspecified atom stereocenters. The molecule has 3 aliphatic rings. The van der Waals surface area contributed by atoms with Gasteiger partial charge in [-0.3, -0.25) is 18.9 Å². The van der Waals surface area contributed by atoms with Gasteiger partial charge in [0.1, 0.15) is 5.52 Å². The zero-order valence-corrected chi connectivity index (χ0v) is 18.2. The van der Waals surface area contributed by atoms with Gasteiger partial charge in [0.15, 0.2) is 11.8 Å². The summed E-state index contributed by atoms with van der Waals surface area (Å²) in [5, 5.41) is 9.13. The predicted octanol–water partition coefficient (Wildman–Crippen LogP) is 2.62. The second-order valence-corrected chi connectivity index (χ2v) is 8.63. The number of aromatic nitrogens is 2. The van der Waals surface area contributed by atoms with Gasteiger partial charge in [0, 0.05) is 44.2 Å². The lowest BCUT2D eigenvalue weighted by atomic mass is 9.86. The van der Waals surface area contributed by atoms with Gasteiger partial charge in [0.05, 0.1) is 24.6 Å². The fourth-order valence-corrected chi connectivity index (χ4v) is 4.62. The van der Waals surface area contributed by atoms with Crippen molar-refractivity contribution < 1.29 is 9.53 Å². The average molecular weight is 431 g/mol. The minimum Gasteiger partial charge on any atom is -0.490 e. The van der Waals surface area contributed by atoms with Gasteiger partial charge in [-0.15, -0.1) is 0 Å². The number of hydrogen-bond acceptors (Lipinski definition) is 5. The van der Waals surface area contributed by atoms with Crippen molar-refractivity contribution in [1.29, 1.82) is 5.26 Å². The van der Waals surface area contributed by atoms with E-state index in [1.165, 1.54) is 6.42 Å². The Hall–Kier alpha value is -3.60. The summed E-state index contributed by atoms with van der Waals surface area (Å²) in [6.45, 7) is 0.871. The van der Waals surface area contributed by atoms with Crippen molar-refractivity contribution in [2.24, 2.45) is 18.0 Å². The third kappa shape index (κ3) is 3.08. The molecule has 1 amide bonds. The summed E-state index contributed by atoms with van der Waals surface area (Å²) in [5.74, 6) is 1.07. The summed E-state index contributed by atoms with van der Waals surface area (Å²) < 4.78 is 9.67. The van der Waals surface area contributed by atoms with E-state index in [-0.39, 0.29) is 18.0 Å². The summed E-state index contributed by atoms with van der Waals surface area (Å²) in [6, 6.07) is 5.45. The number of nitriles is 1. The molecule has 3 heterocycles. The minimum absolute atomic E-state index is 0.0718. The number of imidazole rings is 1. The van der Waals surface area contributed by atoms with Crippen LogP contribution in [0.15, 0.2) is 39.8 Å². The molecule has 1 aromatic heterocycles. The van der Waals surface area contributed by atoms with Gasteiger partial charge in [-0.1, -0.05) is 6.42 Å². The molecular formula is C24H25N5O3. The SMILES string of the molecule is CN1C=C(c2ccc3c(c2OCC2CCC2)n(CCC#N)c(=O)n3C)C2=CC=NC2C1=O. The van der Waals surface area contributed by atoms with Crippen LogP contribution in [0, 0.1) is 17.2 Å². The van der Waals surface area contributed by atoms with Crippen LogP contribution in [0.2, 0.25) is 0 Å². The molecule has 1 atom stereocenters. The number of amides is 1. The molecular weight excluding hydrogens is 406 g/mol. The number of carbonyl (C=O) groups is 1. The smallest absolute Gasteiger partial charge is 0.328 e. The van der Waals surface area contributed by atoms with Crippen LogP contribution in [0.25, 0.3) is 16.6 Å². The first-order chi connectivity index (χ1) is 15.5. The highest BCUT2D eigenvalue weighted by Gasteiger charge is 2.35. The standard InChI is InChI=1S/C24H25N5O3/c1-27-13-18(16-9-11-26-20(16)23(27)30)17-7-8-19-21(22(17)32-14-15-5-3-6-15)29(12-4-10-25)24(31)28(19)2/h7-9,11,13,15,20H,3-6,12,14H2,1-2H3. The average Bonchev–Trinajstić information content (AvgIpc) is 3.33. The van der Waals surface area contributed by atoms with Gasteiger partial charge in [0.25, 0.3) is 5.91 Å². The molecule has 2 aliphatic heterocycles. The lowest BCUT2D eigenvalue weighted by Gasteiger charge is -2.29. The Labute approximate surface area is 185 Å². The van der Waals surface area contributed by atoms with E-state index in [2.05, 4.69) is 11.1 Å². The fourth-order valence-electron chi connectivity index (χ4n) is 4.62. The molecule has 32 heavy (non-hydrogen) atoms. The molecule has 0 saturated heterocycles. The number of hydrogen-bond donors (Lipinski definition) is 0. The van der Waals surface area contributed by atoms with Crippen LogP contribution < -0.4 is 10.4 Å². The van der Waals surface area contributed by atoms with Gasteiger partial charge in [-0.2, -0.15) is 5.26 Å². The molecule has 0 N–H and O–H groups in total. The van der Waals surface area contributed by atoms with E-state index in [9.17, 15) is 9.59 Å². The zero-order valence-electron chi connectivity index (χ0n) is 18.2. The molecule has 2 aromatic rings. The molecule has 0 radical (unpaired) electrons. The molecule has 8 heteroatoms. The van der Waals surface area contributed by atoms with Gasteiger partial charge >= 0.3 is 5.69 Å². The highest BCUT2D eigenvalue weighted by atomic mass is 16.5. The number of aliphatic imine (C=N–C) groups is 1. The van der Waals surface area contributed by atoms with Crippen molar-refractivity contribution in [3.8, 4) is 11.8 Å². The summed E-state index contributed by atoms with van der Waals surface area (Å²) in [4.78, 5) is 31.5. The third-order valence-electron chi connectivity index (χ3n) is 6.68. The van der Waals surface area contributed by atoms with Gasteiger partial charge in [-0.05, 0) is 42.5 Å². The second-order valence-electron chi connectivity index (χ2n) is 8.63. The summed E-state index contributed by atoms with van der Waals surface area (Å²) >= 11 is 0. The van der Waals surface area contributed by atoms with E-state index in [1.807, 2.05) is 24.4 Å². The monoisotopic (exact) mass is 431 g/mol. The quantitative estimate of drug-likeness (QED) is 0.703. The molecule has 1 aliphatic carbocycles. The van der Waals surface area contributed by atoms with Crippen LogP contribution in [0.4, 0.5) is 0 Å². The first-order valence-electron chi connectivity index (χ1n) is 11.0. The number of nitrogens with zero attached hydrogens (tertiary/aromatic N) is 5. The Bertz CT molecular complexity index is 1300. The van der Waals surface area contributed by atoms with E-state index < -0.39 is 6.04 Å². The first-order valence-corrected chi connectivity index (χ1v) is 11.0. The Morgan fingerprint density at radius 1 is 1.25 bits per heavy atom. The van der Waals surface area contributed by atoms with Crippen molar-refractivity contribution in [2.75, 3.05) is 13.7 Å². The fraction of sp³-hybridized carbons (Fsp3) is 0.417. The van der Waals surface area contributed by atoms with Crippen molar-refractivity contribution in [1.82, 2.24) is 14.0 Å². The van der Waals surface area contributed by atoms with Crippen molar-refractivity contribution in [3.63, 3.8) is 0 Å². The van der Waals surface area contributed by atoms with E-state index in [0.717, 1.165) is 35.1 Å². The van der Waals surface area contributed by atoms with Crippen LogP contribution >= 0.6 is 0 Å². The van der Waals surface area contributed by atoms with Gasteiger partial charge in [0.2, 0.25) is 0 Å². The number of rotatable bonds is 6. The van der Waals surface area contributed by atoms with Crippen LogP contribution in [0.1, 0.15) is 31.2 Å². The van der Waals surface area contributed by atoms with Crippen molar-refractivity contribution in [3.05, 3.63) is 46.0 Å². The number of likely N-dealkylation sites (N-methyl/N-ethyl adjacent to an activating group) is 1. The van der Waals surface area contributed by atoms with Gasteiger partial charge < -0.3 is 9.64 Å². The third-order valence-corrected chi connectivity index (χ3v) is 6.68. The van der Waals surface area contributed by atoms with Crippen LogP contribution in [-0.2, 0) is 18.4 Å². The minimum atomic E-state index is -0.549. The van der Waals surface area contributed by atoms with Crippen LogP contribution in [-0.4, -0.2) is 45.9 Å². The summed E-state index contributed by atoms with van der Waals surface area (Å²) in [6.07, 6.45) is 9.08. The van der Waals surface area contributed by atoms with E-state index >= 15 is 0 Å². The number of carbonyl (C=O) groups excluding carboxylic acids is 1. The molecule has 1 saturated carbocycles. The van der Waals surface area contributed by atoms with Crippen LogP contribution in [0.5, 0.6) is 5.75 Å². The maximum atomic E-state index is 13.0. The van der Waals surface area contributed by atoms with E-state index in [0.29, 0.717) is 30.3 Å². The summed E-state index contributed by atoms with van der Waals surface area (Å²) in [5.41, 5.74) is 3.81. The van der Waals surface area contributed by atoms with E-state index in [4.69, 9.17) is 10.00 Å². The Morgan fingerprint density at radius 3 is 2.78 bits per heavy atom. The molecule has 5 rings (SSSR count). The Morgan fingerprint density at radius 2 is 2.06 bits per heavy atom. The number of fused-ring (bicyclic) bond motifs is 2. The molecule has 8 nitrogen and oxygen atoms in total. The molecule has 0 spiro atoms. The van der Waals surface area contributed by atoms with Crippen LogP contribution in [0.3, 0.4) is 0 Å². The van der Waals surface area contributed by atoms with Gasteiger partial charge in [-0.25, -0.2) is 4.79 Å². The maximum absolute atomic E-state index is 13.0. The topological polar surface area (TPSA) is 92.6 Å². The first kappa shape index (κ1) is 20.3. The number of ether oxygens (including phenoxy) is 1. The zero-order chi connectivity index (χ0) is 22.4. The van der Waals surface area contributed by atoms with Crippen molar-refractivity contribution >= 4 is 28.7 Å². The molecule has 164 valence electrons. The Balaban J connectivity index is 1.72. The van der Waals surface area contributed by atoms with Crippen molar-refractivity contribution in [2.45, 2.75) is 38.3 Å². The number of aryl methyl sites for hydroxylation is 2. The number of benzene rings is 1. The molecule has 1 aromatic carbocycles. The number of allylic oxidation sites excluding steroid dienone is 1. The maximum Gasteiger partial charge on any atom is 0.328 e. The lowest BCUT2D eigenvalue weighted by Crippen LogP contribution is -2.36. The highest BCUT2D eigenvalue weighted by molar-refractivity contribution is 6.05. The highest BCUT2D eigenvalue weighted by Crippen LogP contribution is 2.42.